The summed E-state index contributed by atoms with van der Waals surface area (Å²) in [5.41, 5.74) is 0. The highest BCUT2D eigenvalue weighted by Gasteiger charge is 2.50. The fourth-order valence-corrected chi connectivity index (χ4v) is 2.68. The third-order valence-corrected chi connectivity index (χ3v) is 3.35. The number of alkyl halides is 2. The zero-order valence-corrected chi connectivity index (χ0v) is 8.30. The molecule has 0 radical (unpaired) electrons. The number of hydrogen-bond donors (Lipinski definition) is 0. The summed E-state index contributed by atoms with van der Waals surface area (Å²) >= 11 is 0. The lowest BCUT2D eigenvalue weighted by Crippen LogP contribution is -2.30. The first-order valence-electron chi connectivity index (χ1n) is 5.17. The predicted octanol–water partition coefficient (Wildman–Crippen LogP) is 1.90. The van der Waals surface area contributed by atoms with E-state index < -0.39 is 5.92 Å². The second kappa shape index (κ2) is 3.17. The highest BCUT2D eigenvalue weighted by Crippen LogP contribution is 2.46. The molecule has 14 heavy (non-hydrogen) atoms. The van der Waals surface area contributed by atoms with Gasteiger partial charge in [-0.3, -0.25) is 4.79 Å². The molecule has 0 aromatic carbocycles. The third kappa shape index (κ3) is 1.62. The molecule has 2 rings (SSSR count). The van der Waals surface area contributed by atoms with Crippen LogP contribution < -0.4 is 0 Å². The average Bonchev–Trinajstić information content (AvgIpc) is 2.56. The van der Waals surface area contributed by atoms with Gasteiger partial charge in [-0.15, -0.1) is 0 Å². The summed E-state index contributed by atoms with van der Waals surface area (Å²) in [5, 5.41) is 0. The van der Waals surface area contributed by atoms with Gasteiger partial charge in [0, 0.05) is 32.4 Å². The van der Waals surface area contributed by atoms with Crippen LogP contribution in [-0.2, 0) is 4.79 Å². The molecule has 1 saturated carbocycles. The monoisotopic (exact) mass is 203 g/mol. The standard InChI is InChI=1S/C10H15F2NO/c1-2-9(14)13-5-7-3-10(11,12)4-8(7)6-13/h7-8H,2-6H2,1H3/t7-,8+. The van der Waals surface area contributed by atoms with E-state index in [-0.39, 0.29) is 30.6 Å². The fraction of sp³-hybridized carbons (Fsp3) is 0.900. The van der Waals surface area contributed by atoms with E-state index in [0.717, 1.165) is 0 Å². The number of halogens is 2. The summed E-state index contributed by atoms with van der Waals surface area (Å²) in [4.78, 5) is 13.1. The van der Waals surface area contributed by atoms with Crippen molar-refractivity contribution in [3.63, 3.8) is 0 Å². The Bertz CT molecular complexity index is 239. The third-order valence-electron chi connectivity index (χ3n) is 3.35. The number of likely N-dealkylation sites (tertiary alicyclic amines) is 1. The molecule has 0 aromatic heterocycles. The lowest BCUT2D eigenvalue weighted by molar-refractivity contribution is -0.130. The predicted molar refractivity (Wildman–Crippen MR) is 48.0 cm³/mol. The zero-order chi connectivity index (χ0) is 10.3. The second-order valence-corrected chi connectivity index (χ2v) is 4.44. The minimum absolute atomic E-state index is 0.0227. The van der Waals surface area contributed by atoms with Gasteiger partial charge in [0.25, 0.3) is 0 Å². The van der Waals surface area contributed by atoms with Crippen molar-refractivity contribution in [1.29, 1.82) is 0 Å². The molecular formula is C10H15F2NO. The maximum atomic E-state index is 13.0. The normalized spacial score (nSPS) is 34.6. The zero-order valence-electron chi connectivity index (χ0n) is 8.30. The molecule has 2 fully saturated rings. The summed E-state index contributed by atoms with van der Waals surface area (Å²) in [6.45, 7) is 2.91. The molecule has 0 unspecified atom stereocenters. The Hall–Kier alpha value is -0.670. The maximum Gasteiger partial charge on any atom is 0.248 e. The molecule has 2 aliphatic rings. The van der Waals surface area contributed by atoms with Crippen molar-refractivity contribution >= 4 is 5.91 Å². The highest BCUT2D eigenvalue weighted by atomic mass is 19.3. The highest BCUT2D eigenvalue weighted by molar-refractivity contribution is 5.76. The minimum atomic E-state index is -2.48. The van der Waals surface area contributed by atoms with E-state index in [1.54, 1.807) is 4.90 Å². The molecule has 0 bridgehead atoms. The van der Waals surface area contributed by atoms with Gasteiger partial charge in [0.1, 0.15) is 0 Å². The van der Waals surface area contributed by atoms with Crippen LogP contribution in [0.1, 0.15) is 26.2 Å². The van der Waals surface area contributed by atoms with Crippen molar-refractivity contribution in [2.75, 3.05) is 13.1 Å². The van der Waals surface area contributed by atoms with Crippen molar-refractivity contribution in [2.24, 2.45) is 11.8 Å². The number of fused-ring (bicyclic) bond motifs is 1. The lowest BCUT2D eigenvalue weighted by Gasteiger charge is -2.18. The molecular weight excluding hydrogens is 188 g/mol. The van der Waals surface area contributed by atoms with Crippen molar-refractivity contribution in [3.8, 4) is 0 Å². The number of amides is 1. The van der Waals surface area contributed by atoms with Crippen molar-refractivity contribution in [3.05, 3.63) is 0 Å². The molecule has 80 valence electrons. The van der Waals surface area contributed by atoms with Gasteiger partial charge in [0.05, 0.1) is 0 Å². The fourth-order valence-electron chi connectivity index (χ4n) is 2.68. The van der Waals surface area contributed by atoms with Gasteiger partial charge in [-0.1, -0.05) is 6.92 Å². The van der Waals surface area contributed by atoms with Gasteiger partial charge in [-0.05, 0) is 11.8 Å². The van der Waals surface area contributed by atoms with E-state index in [1.807, 2.05) is 6.92 Å². The van der Waals surface area contributed by atoms with E-state index in [1.165, 1.54) is 0 Å². The second-order valence-electron chi connectivity index (χ2n) is 4.44. The summed E-state index contributed by atoms with van der Waals surface area (Å²) in [6.07, 6.45) is 0.437. The van der Waals surface area contributed by atoms with Crippen LogP contribution in [0.25, 0.3) is 0 Å². The van der Waals surface area contributed by atoms with Crippen LogP contribution in [0.4, 0.5) is 8.78 Å². The quantitative estimate of drug-likeness (QED) is 0.637. The van der Waals surface area contributed by atoms with Crippen LogP contribution >= 0.6 is 0 Å². The molecule has 2 atom stereocenters. The van der Waals surface area contributed by atoms with E-state index in [0.29, 0.717) is 19.5 Å². The topological polar surface area (TPSA) is 20.3 Å². The number of nitrogens with zero attached hydrogens (tertiary/aromatic N) is 1. The first kappa shape index (κ1) is 9.87. The van der Waals surface area contributed by atoms with Crippen LogP contribution in [-0.4, -0.2) is 29.8 Å². The number of carbonyl (C=O) groups is 1. The van der Waals surface area contributed by atoms with Gasteiger partial charge in [-0.2, -0.15) is 0 Å². The summed E-state index contributed by atoms with van der Waals surface area (Å²) in [6, 6.07) is 0. The Kier molecular flexibility index (Phi) is 2.24. The van der Waals surface area contributed by atoms with E-state index in [9.17, 15) is 13.6 Å². The Morgan fingerprint density at radius 1 is 1.36 bits per heavy atom. The molecule has 0 aromatic rings. The van der Waals surface area contributed by atoms with Crippen LogP contribution in [0.15, 0.2) is 0 Å². The largest absolute Gasteiger partial charge is 0.342 e. The molecule has 1 heterocycles. The Morgan fingerprint density at radius 3 is 2.29 bits per heavy atom. The first-order chi connectivity index (χ1) is 6.52. The molecule has 0 N–H and O–H groups in total. The van der Waals surface area contributed by atoms with Crippen molar-refractivity contribution in [1.82, 2.24) is 4.90 Å². The van der Waals surface area contributed by atoms with Crippen molar-refractivity contribution in [2.45, 2.75) is 32.1 Å². The van der Waals surface area contributed by atoms with Gasteiger partial charge < -0.3 is 4.90 Å². The van der Waals surface area contributed by atoms with E-state index in [4.69, 9.17) is 0 Å². The van der Waals surface area contributed by atoms with E-state index in [2.05, 4.69) is 0 Å². The maximum absolute atomic E-state index is 13.0. The van der Waals surface area contributed by atoms with Gasteiger partial charge >= 0.3 is 0 Å². The van der Waals surface area contributed by atoms with Crippen molar-refractivity contribution < 1.29 is 13.6 Å². The lowest BCUT2D eigenvalue weighted by atomic mass is 10.0. The van der Waals surface area contributed by atoms with Crippen LogP contribution in [0.5, 0.6) is 0 Å². The van der Waals surface area contributed by atoms with Gasteiger partial charge in [0.15, 0.2) is 0 Å². The summed E-state index contributed by atoms with van der Waals surface area (Å²) < 4.78 is 25.9. The van der Waals surface area contributed by atoms with E-state index >= 15 is 0 Å². The van der Waals surface area contributed by atoms with Crippen LogP contribution in [0.3, 0.4) is 0 Å². The van der Waals surface area contributed by atoms with Crippen LogP contribution in [0.2, 0.25) is 0 Å². The molecule has 1 aliphatic carbocycles. The molecule has 2 nitrogen and oxygen atoms in total. The number of hydrogen-bond acceptors (Lipinski definition) is 1. The Morgan fingerprint density at radius 2 is 1.86 bits per heavy atom. The Balaban J connectivity index is 1.97. The van der Waals surface area contributed by atoms with Gasteiger partial charge in [-0.25, -0.2) is 8.78 Å². The first-order valence-corrected chi connectivity index (χ1v) is 5.17. The SMILES string of the molecule is CCC(=O)N1C[C@@H]2CC(F)(F)C[C@@H]2C1. The molecule has 1 amide bonds. The number of rotatable bonds is 1. The molecule has 4 heteroatoms. The smallest absolute Gasteiger partial charge is 0.248 e. The van der Waals surface area contributed by atoms with Gasteiger partial charge in [0.2, 0.25) is 11.8 Å². The average molecular weight is 203 g/mol. The number of carbonyl (C=O) groups excluding carboxylic acids is 1. The summed E-state index contributed by atoms with van der Waals surface area (Å²) in [5.74, 6) is -2.29. The van der Waals surface area contributed by atoms with Crippen LogP contribution in [0, 0.1) is 11.8 Å². The Labute approximate surface area is 82.3 Å². The molecule has 1 aliphatic heterocycles. The summed E-state index contributed by atoms with van der Waals surface area (Å²) in [7, 11) is 0. The minimum Gasteiger partial charge on any atom is -0.342 e. The molecule has 1 saturated heterocycles. The molecule has 0 spiro atoms.